The number of carboxylic acid groups (broad SMARTS) is 1. The number of ether oxygens (including phenoxy) is 1. The molecule has 0 aromatic rings. The third-order valence-electron chi connectivity index (χ3n) is 6.84. The topological polar surface area (TPSA) is 159 Å². The Morgan fingerprint density at radius 3 is 1.77 bits per heavy atom. The van der Waals surface area contributed by atoms with Crippen LogP contribution in [0.1, 0.15) is 109 Å². The summed E-state index contributed by atoms with van der Waals surface area (Å²) < 4.78 is 4.67. The zero-order valence-electron chi connectivity index (χ0n) is 23.7. The molecule has 0 spiro atoms. The molecule has 0 aromatic carbocycles. The van der Waals surface area contributed by atoms with E-state index in [1.165, 1.54) is 51.4 Å². The van der Waals surface area contributed by atoms with Crippen LogP contribution in [0.2, 0.25) is 0 Å². The molecule has 0 saturated heterocycles. The Bertz CT molecular complexity index is 812. The van der Waals surface area contributed by atoms with Gasteiger partial charge in [0.15, 0.2) is 0 Å². The summed E-state index contributed by atoms with van der Waals surface area (Å²) in [5.41, 5.74) is 0. The fourth-order valence-electron chi connectivity index (χ4n) is 4.49. The van der Waals surface area contributed by atoms with Crippen LogP contribution in [0.5, 0.6) is 0 Å². The van der Waals surface area contributed by atoms with Crippen molar-refractivity contribution in [2.75, 3.05) is 19.7 Å². The number of nitrogens with zero attached hydrogens (tertiary/aromatic N) is 1. The minimum absolute atomic E-state index is 0.0404. The number of aliphatic carboxylic acids is 1. The van der Waals surface area contributed by atoms with Gasteiger partial charge in [0.1, 0.15) is 6.04 Å². The summed E-state index contributed by atoms with van der Waals surface area (Å²) in [5.74, 6) is -2.81. The molecular formula is C29H47N3O8. The number of hydrogen-bond donors (Lipinski definition) is 3. The maximum atomic E-state index is 12.2. The Labute approximate surface area is 237 Å². The molecule has 1 aliphatic heterocycles. The molecule has 0 radical (unpaired) electrons. The largest absolute Gasteiger partial charge is 0.480 e. The molecule has 1 heterocycles. The molecule has 1 atom stereocenters. The van der Waals surface area contributed by atoms with Gasteiger partial charge in [-0.25, -0.2) is 4.79 Å². The standard InChI is InChI=1S/C29H47N3O8/c33-23-40-22-14-12-10-8-6-4-2-1-3-5-7-9-11-13-15-26(35)31-24(29(38)39)16-17-25(34)30-20-21-32-27(36)18-19-28(32)37/h18-19,23-24H,1-17,20-22H2,(H,30,34)(H,31,35)(H,38,39). The van der Waals surface area contributed by atoms with Gasteiger partial charge in [-0.15, -0.1) is 0 Å². The third kappa shape index (κ3) is 17.4. The fourth-order valence-corrected chi connectivity index (χ4v) is 4.49. The molecule has 1 rings (SSSR count). The van der Waals surface area contributed by atoms with Crippen LogP contribution in [0.3, 0.4) is 0 Å². The molecule has 3 N–H and O–H groups in total. The molecule has 11 heteroatoms. The van der Waals surface area contributed by atoms with Crippen LogP contribution in [0.25, 0.3) is 0 Å². The number of hydrogen-bond acceptors (Lipinski definition) is 7. The van der Waals surface area contributed by atoms with Gasteiger partial charge in [-0.2, -0.15) is 0 Å². The van der Waals surface area contributed by atoms with Crippen LogP contribution in [-0.2, 0) is 33.5 Å². The molecular weight excluding hydrogens is 518 g/mol. The summed E-state index contributed by atoms with van der Waals surface area (Å²) in [6.07, 6.45) is 18.2. The first-order chi connectivity index (χ1) is 19.3. The van der Waals surface area contributed by atoms with Crippen molar-refractivity contribution in [1.82, 2.24) is 15.5 Å². The number of imide groups is 1. The smallest absolute Gasteiger partial charge is 0.326 e. The molecule has 1 aliphatic rings. The minimum Gasteiger partial charge on any atom is -0.480 e. The molecule has 0 bridgehead atoms. The first-order valence-electron chi connectivity index (χ1n) is 14.7. The highest BCUT2D eigenvalue weighted by Crippen LogP contribution is 2.13. The Balaban J connectivity index is 1.98. The van der Waals surface area contributed by atoms with Gasteiger partial charge in [-0.05, 0) is 19.3 Å². The lowest BCUT2D eigenvalue weighted by molar-refractivity contribution is -0.142. The highest BCUT2D eigenvalue weighted by molar-refractivity contribution is 6.12. The number of rotatable bonds is 26. The Morgan fingerprint density at radius 2 is 1.27 bits per heavy atom. The van der Waals surface area contributed by atoms with Crippen LogP contribution in [-0.4, -0.2) is 71.8 Å². The van der Waals surface area contributed by atoms with E-state index in [1.54, 1.807) is 0 Å². The quantitative estimate of drug-likeness (QED) is 0.0817. The Kier molecular flexibility index (Phi) is 19.6. The van der Waals surface area contributed by atoms with Gasteiger partial charge in [0.25, 0.3) is 18.3 Å². The first kappa shape index (κ1) is 34.8. The van der Waals surface area contributed by atoms with Crippen molar-refractivity contribution in [1.29, 1.82) is 0 Å². The molecule has 4 amide bonds. The summed E-state index contributed by atoms with van der Waals surface area (Å²) in [6, 6.07) is -1.15. The molecule has 11 nitrogen and oxygen atoms in total. The highest BCUT2D eigenvalue weighted by Gasteiger charge is 2.23. The van der Waals surface area contributed by atoms with Crippen LogP contribution in [0.15, 0.2) is 12.2 Å². The second-order valence-corrected chi connectivity index (χ2v) is 10.2. The maximum Gasteiger partial charge on any atom is 0.326 e. The Morgan fingerprint density at radius 1 is 0.775 bits per heavy atom. The second kappa shape index (κ2) is 22.6. The van der Waals surface area contributed by atoms with Crippen molar-refractivity contribution >= 4 is 36.1 Å². The summed E-state index contributed by atoms with van der Waals surface area (Å²) >= 11 is 0. The van der Waals surface area contributed by atoms with Gasteiger partial charge in [0.05, 0.1) is 6.61 Å². The second-order valence-electron chi connectivity index (χ2n) is 10.2. The summed E-state index contributed by atoms with van der Waals surface area (Å²) in [4.78, 5) is 69.7. The number of carbonyl (C=O) groups excluding carboxylic acids is 5. The van der Waals surface area contributed by atoms with Crippen LogP contribution in [0, 0.1) is 0 Å². The Hall–Kier alpha value is -3.24. The van der Waals surface area contributed by atoms with Crippen LogP contribution < -0.4 is 10.6 Å². The van der Waals surface area contributed by atoms with E-state index in [9.17, 15) is 33.9 Å². The number of amides is 4. The molecule has 40 heavy (non-hydrogen) atoms. The van der Waals surface area contributed by atoms with Crippen molar-refractivity contribution in [3.8, 4) is 0 Å². The van der Waals surface area contributed by atoms with Gasteiger partial charge in [-0.3, -0.25) is 28.9 Å². The zero-order valence-corrected chi connectivity index (χ0v) is 23.7. The number of carboxylic acids is 1. The first-order valence-corrected chi connectivity index (χ1v) is 14.7. The lowest BCUT2D eigenvalue weighted by Crippen LogP contribution is -2.42. The van der Waals surface area contributed by atoms with E-state index in [1.807, 2.05) is 0 Å². The highest BCUT2D eigenvalue weighted by atomic mass is 16.5. The van der Waals surface area contributed by atoms with Crippen molar-refractivity contribution in [3.63, 3.8) is 0 Å². The van der Waals surface area contributed by atoms with Gasteiger partial charge in [-0.1, -0.05) is 77.0 Å². The summed E-state index contributed by atoms with van der Waals surface area (Å²) in [7, 11) is 0. The molecule has 226 valence electrons. The normalized spacial score (nSPS) is 13.3. The maximum absolute atomic E-state index is 12.2. The number of carbonyl (C=O) groups is 6. The van der Waals surface area contributed by atoms with Gasteiger partial charge < -0.3 is 20.5 Å². The number of nitrogens with one attached hydrogen (secondary N) is 2. The van der Waals surface area contributed by atoms with Crippen LogP contribution in [0.4, 0.5) is 0 Å². The van der Waals surface area contributed by atoms with Gasteiger partial charge >= 0.3 is 5.97 Å². The van der Waals surface area contributed by atoms with E-state index < -0.39 is 29.7 Å². The third-order valence-corrected chi connectivity index (χ3v) is 6.84. The van der Waals surface area contributed by atoms with E-state index in [2.05, 4.69) is 15.4 Å². The van der Waals surface area contributed by atoms with Crippen LogP contribution >= 0.6 is 0 Å². The molecule has 0 saturated carbocycles. The molecule has 0 aromatic heterocycles. The average molecular weight is 566 g/mol. The van der Waals surface area contributed by atoms with E-state index in [0.717, 1.165) is 49.2 Å². The van der Waals surface area contributed by atoms with Crippen molar-refractivity contribution in [2.24, 2.45) is 0 Å². The van der Waals surface area contributed by atoms with E-state index >= 15 is 0 Å². The summed E-state index contributed by atoms with van der Waals surface area (Å²) in [5, 5.41) is 14.4. The lowest BCUT2D eigenvalue weighted by Gasteiger charge is -2.16. The van der Waals surface area contributed by atoms with E-state index in [-0.39, 0.29) is 38.3 Å². The minimum atomic E-state index is -1.19. The molecule has 1 unspecified atom stereocenters. The zero-order chi connectivity index (χ0) is 29.4. The van der Waals surface area contributed by atoms with E-state index in [0.29, 0.717) is 19.5 Å². The molecule has 0 aliphatic carbocycles. The molecule has 0 fully saturated rings. The van der Waals surface area contributed by atoms with Gasteiger partial charge in [0.2, 0.25) is 11.8 Å². The van der Waals surface area contributed by atoms with E-state index in [4.69, 9.17) is 0 Å². The van der Waals surface area contributed by atoms with Crippen molar-refractivity contribution in [2.45, 2.75) is 115 Å². The number of unbranched alkanes of at least 4 members (excludes halogenated alkanes) is 13. The average Bonchev–Trinajstić information content (AvgIpc) is 3.24. The van der Waals surface area contributed by atoms with Crippen molar-refractivity contribution < 1.29 is 38.6 Å². The van der Waals surface area contributed by atoms with Gasteiger partial charge in [0, 0.05) is 38.1 Å². The lowest BCUT2D eigenvalue weighted by atomic mass is 10.0. The van der Waals surface area contributed by atoms with Crippen molar-refractivity contribution in [3.05, 3.63) is 12.2 Å². The fraction of sp³-hybridized carbons (Fsp3) is 0.724. The summed E-state index contributed by atoms with van der Waals surface area (Å²) in [6.45, 7) is 1.15. The monoisotopic (exact) mass is 565 g/mol. The predicted molar refractivity (Wildman–Crippen MR) is 149 cm³/mol. The SMILES string of the molecule is O=COCCCCCCCCCCCCCCCCC(=O)NC(CCC(=O)NCCN1C(=O)C=CC1=O)C(=O)O. The predicted octanol–water partition coefficient (Wildman–Crippen LogP) is 3.40.